The zero-order valence-corrected chi connectivity index (χ0v) is 17.5. The Morgan fingerprint density at radius 2 is 1.48 bits per heavy atom. The van der Waals surface area contributed by atoms with Gasteiger partial charge in [0.25, 0.3) is 10.2 Å². The van der Waals surface area contributed by atoms with E-state index in [2.05, 4.69) is 32.4 Å². The molecule has 1 aromatic carbocycles. The van der Waals surface area contributed by atoms with Crippen LogP contribution in [-0.4, -0.2) is 32.4 Å². The summed E-state index contributed by atoms with van der Waals surface area (Å²) in [5, 5.41) is 0. The second-order valence-electron chi connectivity index (χ2n) is 7.16. The Bertz CT molecular complexity index is 562. The van der Waals surface area contributed by atoms with Crippen molar-refractivity contribution >= 4 is 28.3 Å². The van der Waals surface area contributed by atoms with Crippen molar-refractivity contribution in [3.8, 4) is 0 Å². The van der Waals surface area contributed by atoms with Gasteiger partial charge in [-0.25, -0.2) is 4.72 Å². The van der Waals surface area contributed by atoms with Gasteiger partial charge < -0.3 is 5.73 Å². The highest BCUT2D eigenvalue weighted by atomic mass is 35.5. The lowest BCUT2D eigenvalue weighted by Gasteiger charge is -2.24. The monoisotopic (exact) mass is 391 g/mol. The van der Waals surface area contributed by atoms with Crippen LogP contribution in [0.4, 0.5) is 5.69 Å². The maximum atomic E-state index is 12.6. The summed E-state index contributed by atoms with van der Waals surface area (Å²) in [6, 6.07) is 7.53. The van der Waals surface area contributed by atoms with E-state index in [4.69, 9.17) is 5.73 Å². The third-order valence-electron chi connectivity index (χ3n) is 3.93. The van der Waals surface area contributed by atoms with E-state index in [1.807, 2.05) is 24.3 Å². The van der Waals surface area contributed by atoms with Crippen molar-refractivity contribution in [1.82, 2.24) is 9.03 Å². The predicted molar refractivity (Wildman–Crippen MR) is 109 cm³/mol. The number of nitrogens with one attached hydrogen (secondary N) is 1. The van der Waals surface area contributed by atoms with Gasteiger partial charge in [-0.1, -0.05) is 39.8 Å². The van der Waals surface area contributed by atoms with Crippen LogP contribution in [0.5, 0.6) is 0 Å². The molecule has 0 aromatic heterocycles. The molecule has 25 heavy (non-hydrogen) atoms. The fourth-order valence-corrected chi connectivity index (χ4v) is 3.49. The van der Waals surface area contributed by atoms with Crippen LogP contribution in [0, 0.1) is 11.8 Å². The minimum Gasteiger partial charge on any atom is -0.399 e. The number of halogens is 1. The average Bonchev–Trinajstić information content (AvgIpc) is 2.48. The van der Waals surface area contributed by atoms with Gasteiger partial charge in [0.2, 0.25) is 0 Å². The predicted octanol–water partition coefficient (Wildman–Crippen LogP) is 3.46. The number of rotatable bonds is 11. The van der Waals surface area contributed by atoms with E-state index in [0.29, 0.717) is 43.6 Å². The number of nitrogens with zero attached hydrogens (tertiary/aromatic N) is 1. The Balaban J connectivity index is 0.00000576. The molecule has 1 aromatic rings. The standard InChI is InChI=1S/C18H33N3O2S.ClH/c1-15(2)10-13-21(14-11-16(3)4)24(22,23)20-12-9-17-5-7-18(19)8-6-17;/h5-8,15-16,20H,9-14,19H2,1-4H3;1H. The first-order valence-corrected chi connectivity index (χ1v) is 10.2. The summed E-state index contributed by atoms with van der Waals surface area (Å²) in [4.78, 5) is 0. The van der Waals surface area contributed by atoms with Crippen LogP contribution in [-0.2, 0) is 16.6 Å². The fraction of sp³-hybridized carbons (Fsp3) is 0.667. The van der Waals surface area contributed by atoms with Gasteiger partial charge in [0, 0.05) is 25.3 Å². The minimum atomic E-state index is -3.43. The van der Waals surface area contributed by atoms with Gasteiger partial charge in [0.15, 0.2) is 0 Å². The number of nitrogens with two attached hydrogens (primary N) is 1. The highest BCUT2D eigenvalue weighted by Crippen LogP contribution is 2.10. The number of benzene rings is 1. The van der Waals surface area contributed by atoms with Crippen LogP contribution >= 0.6 is 12.4 Å². The molecule has 0 spiro atoms. The number of nitrogen functional groups attached to an aromatic ring is 1. The summed E-state index contributed by atoms with van der Waals surface area (Å²) < 4.78 is 29.5. The molecule has 1 rings (SSSR count). The molecule has 3 N–H and O–H groups in total. The molecule has 0 bridgehead atoms. The van der Waals surface area contributed by atoms with Crippen molar-refractivity contribution in [2.24, 2.45) is 11.8 Å². The van der Waals surface area contributed by atoms with Crippen molar-refractivity contribution in [2.45, 2.75) is 47.0 Å². The Labute approximate surface area is 160 Å². The van der Waals surface area contributed by atoms with Crippen molar-refractivity contribution in [2.75, 3.05) is 25.4 Å². The summed E-state index contributed by atoms with van der Waals surface area (Å²) in [5.74, 6) is 0.966. The van der Waals surface area contributed by atoms with Gasteiger partial charge in [-0.05, 0) is 48.8 Å². The molecule has 0 aliphatic heterocycles. The van der Waals surface area contributed by atoms with Crippen molar-refractivity contribution in [1.29, 1.82) is 0 Å². The van der Waals surface area contributed by atoms with E-state index in [-0.39, 0.29) is 12.4 Å². The molecular weight excluding hydrogens is 358 g/mol. The lowest BCUT2D eigenvalue weighted by Crippen LogP contribution is -2.43. The van der Waals surface area contributed by atoms with Crippen LogP contribution in [0.1, 0.15) is 46.1 Å². The molecular formula is C18H34ClN3O2S. The number of hydrogen-bond acceptors (Lipinski definition) is 3. The summed E-state index contributed by atoms with van der Waals surface area (Å²) in [6.45, 7) is 9.99. The molecule has 0 radical (unpaired) electrons. The van der Waals surface area contributed by atoms with Gasteiger partial charge in [-0.3, -0.25) is 0 Å². The van der Waals surface area contributed by atoms with E-state index in [9.17, 15) is 8.42 Å². The maximum Gasteiger partial charge on any atom is 0.279 e. The van der Waals surface area contributed by atoms with Crippen molar-refractivity contribution in [3.63, 3.8) is 0 Å². The lowest BCUT2D eigenvalue weighted by atomic mass is 10.1. The highest BCUT2D eigenvalue weighted by Gasteiger charge is 2.21. The average molecular weight is 392 g/mol. The third-order valence-corrected chi connectivity index (χ3v) is 5.54. The Kier molecular flexibility index (Phi) is 11.3. The van der Waals surface area contributed by atoms with Gasteiger partial charge >= 0.3 is 0 Å². The number of hydrogen-bond donors (Lipinski definition) is 2. The molecule has 0 unspecified atom stereocenters. The molecule has 0 fully saturated rings. The van der Waals surface area contributed by atoms with Crippen LogP contribution in [0.3, 0.4) is 0 Å². The van der Waals surface area contributed by atoms with Gasteiger partial charge in [0.05, 0.1) is 0 Å². The van der Waals surface area contributed by atoms with Crippen molar-refractivity contribution < 1.29 is 8.42 Å². The Morgan fingerprint density at radius 1 is 1.00 bits per heavy atom. The van der Waals surface area contributed by atoms with E-state index < -0.39 is 10.2 Å². The molecule has 0 amide bonds. The summed E-state index contributed by atoms with van der Waals surface area (Å²) >= 11 is 0. The SMILES string of the molecule is CC(C)CCN(CCC(C)C)S(=O)(=O)NCCc1ccc(N)cc1.Cl. The number of anilines is 1. The fourth-order valence-electron chi connectivity index (χ4n) is 2.26. The zero-order chi connectivity index (χ0) is 18.2. The Morgan fingerprint density at radius 3 is 1.92 bits per heavy atom. The molecule has 0 atom stereocenters. The van der Waals surface area contributed by atoms with Crippen molar-refractivity contribution in [3.05, 3.63) is 29.8 Å². The highest BCUT2D eigenvalue weighted by molar-refractivity contribution is 7.87. The smallest absolute Gasteiger partial charge is 0.279 e. The first-order chi connectivity index (χ1) is 11.2. The maximum absolute atomic E-state index is 12.6. The molecule has 0 heterocycles. The Hall–Kier alpha value is -0.820. The van der Waals surface area contributed by atoms with E-state index in [0.717, 1.165) is 18.4 Å². The zero-order valence-electron chi connectivity index (χ0n) is 15.9. The van der Waals surface area contributed by atoms with Gasteiger partial charge in [-0.2, -0.15) is 12.7 Å². The van der Waals surface area contributed by atoms with Gasteiger partial charge in [0.1, 0.15) is 0 Å². The quantitative estimate of drug-likeness (QED) is 0.567. The van der Waals surface area contributed by atoms with Crippen LogP contribution in [0.15, 0.2) is 24.3 Å². The van der Waals surface area contributed by atoms with E-state index in [1.165, 1.54) is 0 Å². The molecule has 0 saturated carbocycles. The van der Waals surface area contributed by atoms with Crippen LogP contribution < -0.4 is 10.5 Å². The molecule has 0 saturated heterocycles. The topological polar surface area (TPSA) is 75.4 Å². The lowest BCUT2D eigenvalue weighted by molar-refractivity contribution is 0.352. The largest absolute Gasteiger partial charge is 0.399 e. The van der Waals surface area contributed by atoms with E-state index in [1.54, 1.807) is 4.31 Å². The first-order valence-electron chi connectivity index (χ1n) is 8.80. The molecule has 5 nitrogen and oxygen atoms in total. The third kappa shape index (κ3) is 10.0. The molecule has 7 heteroatoms. The summed E-state index contributed by atoms with van der Waals surface area (Å²) in [5.41, 5.74) is 7.45. The summed E-state index contributed by atoms with van der Waals surface area (Å²) in [6.07, 6.45) is 2.40. The second kappa shape index (κ2) is 11.7. The summed E-state index contributed by atoms with van der Waals surface area (Å²) in [7, 11) is -3.43. The second-order valence-corrected chi connectivity index (χ2v) is 8.91. The normalized spacial score (nSPS) is 12.0. The molecule has 0 aliphatic carbocycles. The first kappa shape index (κ1) is 24.2. The minimum absolute atomic E-state index is 0. The van der Waals surface area contributed by atoms with Gasteiger partial charge in [-0.15, -0.1) is 12.4 Å². The van der Waals surface area contributed by atoms with Crippen LogP contribution in [0.2, 0.25) is 0 Å². The molecule has 146 valence electrons. The molecule has 0 aliphatic rings. The van der Waals surface area contributed by atoms with E-state index >= 15 is 0 Å². The van der Waals surface area contributed by atoms with Crippen LogP contribution in [0.25, 0.3) is 0 Å².